The summed E-state index contributed by atoms with van der Waals surface area (Å²) in [6, 6.07) is 11.4. The molecular formula is C20H22ClN3O2. The van der Waals surface area contributed by atoms with Crippen LogP contribution in [0.25, 0.3) is 0 Å². The summed E-state index contributed by atoms with van der Waals surface area (Å²) in [5.41, 5.74) is 1.79. The van der Waals surface area contributed by atoms with Gasteiger partial charge in [-0.3, -0.25) is 14.7 Å². The molecular weight excluding hydrogens is 350 g/mol. The molecule has 2 saturated heterocycles. The molecule has 1 aromatic carbocycles. The van der Waals surface area contributed by atoms with Crippen molar-refractivity contribution in [2.75, 3.05) is 26.2 Å². The molecule has 3 heterocycles. The zero-order chi connectivity index (χ0) is 17.9. The van der Waals surface area contributed by atoms with E-state index in [1.165, 1.54) is 0 Å². The van der Waals surface area contributed by atoms with Gasteiger partial charge in [0.2, 0.25) is 0 Å². The van der Waals surface area contributed by atoms with Gasteiger partial charge in [-0.2, -0.15) is 0 Å². The molecule has 2 aliphatic heterocycles. The van der Waals surface area contributed by atoms with E-state index in [2.05, 4.69) is 21.3 Å². The van der Waals surface area contributed by atoms with Crippen molar-refractivity contribution in [1.82, 2.24) is 15.2 Å². The Morgan fingerprint density at radius 1 is 1.23 bits per heavy atom. The summed E-state index contributed by atoms with van der Waals surface area (Å²) < 4.78 is 5.99. The number of hydrogen-bond acceptors (Lipinski definition) is 4. The minimum Gasteiger partial charge on any atom is -0.376 e. The standard InChI is InChI=1S/C20H22ClN3O2/c21-18-4-2-1-3-15(18)10-24-11-17-16(13-26-19(17)12-24)9-23-20(25)14-5-7-22-8-6-14/h1-8,16-17,19H,9-13H2,(H,23,25)/t16-,17+,19+/m1/s1. The number of nitrogens with one attached hydrogen (secondary N) is 1. The van der Waals surface area contributed by atoms with Crippen LogP contribution in [0.5, 0.6) is 0 Å². The van der Waals surface area contributed by atoms with Crippen molar-refractivity contribution in [3.05, 3.63) is 64.9 Å². The topological polar surface area (TPSA) is 54.5 Å². The highest BCUT2D eigenvalue weighted by atomic mass is 35.5. The van der Waals surface area contributed by atoms with E-state index in [0.717, 1.165) is 30.2 Å². The molecule has 6 heteroatoms. The van der Waals surface area contributed by atoms with Crippen molar-refractivity contribution in [2.24, 2.45) is 11.8 Å². The average Bonchev–Trinajstić information content (AvgIpc) is 3.23. The Morgan fingerprint density at radius 3 is 2.85 bits per heavy atom. The van der Waals surface area contributed by atoms with Crippen LogP contribution in [0.3, 0.4) is 0 Å². The Balaban J connectivity index is 1.32. The minimum absolute atomic E-state index is 0.0539. The molecule has 1 aromatic heterocycles. The van der Waals surface area contributed by atoms with Gasteiger partial charge < -0.3 is 10.1 Å². The molecule has 0 saturated carbocycles. The first-order chi connectivity index (χ1) is 12.7. The van der Waals surface area contributed by atoms with Gasteiger partial charge in [0.15, 0.2) is 0 Å². The molecule has 0 unspecified atom stereocenters. The van der Waals surface area contributed by atoms with Crippen LogP contribution < -0.4 is 5.32 Å². The Morgan fingerprint density at radius 2 is 2.04 bits per heavy atom. The number of aromatic nitrogens is 1. The number of ether oxygens (including phenoxy) is 1. The van der Waals surface area contributed by atoms with E-state index >= 15 is 0 Å². The SMILES string of the molecule is O=C(NC[C@@H]1CO[C@H]2CN(Cc3ccccc3Cl)C[C@@H]12)c1ccncc1. The molecule has 5 nitrogen and oxygen atoms in total. The first-order valence-electron chi connectivity index (χ1n) is 8.96. The van der Waals surface area contributed by atoms with Gasteiger partial charge in [0.05, 0.1) is 12.7 Å². The zero-order valence-corrected chi connectivity index (χ0v) is 15.2. The lowest BCUT2D eigenvalue weighted by Crippen LogP contribution is -2.34. The maximum absolute atomic E-state index is 12.2. The lowest BCUT2D eigenvalue weighted by atomic mass is 9.93. The van der Waals surface area contributed by atoms with Crippen molar-refractivity contribution in [1.29, 1.82) is 0 Å². The molecule has 136 valence electrons. The molecule has 2 aromatic rings. The van der Waals surface area contributed by atoms with Crippen LogP contribution in [0.4, 0.5) is 0 Å². The number of likely N-dealkylation sites (tertiary alicyclic amines) is 1. The average molecular weight is 372 g/mol. The number of nitrogens with zero attached hydrogens (tertiary/aromatic N) is 2. The summed E-state index contributed by atoms with van der Waals surface area (Å²) in [7, 11) is 0. The molecule has 1 N–H and O–H groups in total. The largest absolute Gasteiger partial charge is 0.376 e. The number of carbonyl (C=O) groups is 1. The minimum atomic E-state index is -0.0539. The van der Waals surface area contributed by atoms with Crippen molar-refractivity contribution in [2.45, 2.75) is 12.6 Å². The van der Waals surface area contributed by atoms with Crippen molar-refractivity contribution in [3.63, 3.8) is 0 Å². The van der Waals surface area contributed by atoms with Crippen LogP contribution in [0.15, 0.2) is 48.8 Å². The maximum Gasteiger partial charge on any atom is 0.251 e. The van der Waals surface area contributed by atoms with Crippen molar-refractivity contribution in [3.8, 4) is 0 Å². The van der Waals surface area contributed by atoms with Crippen molar-refractivity contribution >= 4 is 17.5 Å². The number of rotatable bonds is 5. The predicted octanol–water partition coefficient (Wildman–Crippen LogP) is 2.61. The Kier molecular flexibility index (Phi) is 5.20. The summed E-state index contributed by atoms with van der Waals surface area (Å²) in [6.45, 7) is 4.09. The third kappa shape index (κ3) is 3.75. The van der Waals surface area contributed by atoms with Gasteiger partial charge in [-0.15, -0.1) is 0 Å². The van der Waals surface area contributed by atoms with Crippen LogP contribution >= 0.6 is 11.6 Å². The second kappa shape index (κ2) is 7.74. The molecule has 0 bridgehead atoms. The summed E-state index contributed by atoms with van der Waals surface area (Å²) in [5, 5.41) is 3.85. The van der Waals surface area contributed by atoms with E-state index < -0.39 is 0 Å². The zero-order valence-electron chi connectivity index (χ0n) is 14.5. The summed E-state index contributed by atoms with van der Waals surface area (Å²) in [4.78, 5) is 18.6. The number of fused-ring (bicyclic) bond motifs is 1. The maximum atomic E-state index is 12.2. The van der Waals surface area contributed by atoms with Gasteiger partial charge in [-0.1, -0.05) is 29.8 Å². The summed E-state index contributed by atoms with van der Waals surface area (Å²) in [5.74, 6) is 0.749. The van der Waals surface area contributed by atoms with E-state index in [0.29, 0.717) is 30.6 Å². The predicted molar refractivity (Wildman–Crippen MR) is 100 cm³/mol. The van der Waals surface area contributed by atoms with E-state index in [1.807, 2.05) is 18.2 Å². The van der Waals surface area contributed by atoms with E-state index in [4.69, 9.17) is 16.3 Å². The summed E-state index contributed by atoms with van der Waals surface area (Å²) in [6.07, 6.45) is 3.51. The molecule has 0 spiro atoms. The molecule has 0 aliphatic carbocycles. The van der Waals surface area contributed by atoms with Gasteiger partial charge >= 0.3 is 0 Å². The number of pyridine rings is 1. The third-order valence-corrected chi connectivity index (χ3v) is 5.70. The first kappa shape index (κ1) is 17.5. The van der Waals surface area contributed by atoms with E-state index in [1.54, 1.807) is 24.5 Å². The molecule has 1 amide bonds. The fourth-order valence-corrected chi connectivity index (χ4v) is 4.11. The molecule has 0 radical (unpaired) electrons. The molecule has 2 aliphatic rings. The Hall–Kier alpha value is -1.95. The molecule has 4 rings (SSSR count). The fourth-order valence-electron chi connectivity index (χ4n) is 3.92. The highest BCUT2D eigenvalue weighted by Crippen LogP contribution is 2.34. The smallest absolute Gasteiger partial charge is 0.251 e. The number of amides is 1. The van der Waals surface area contributed by atoms with Crippen LogP contribution in [0, 0.1) is 11.8 Å². The van der Waals surface area contributed by atoms with Gasteiger partial charge in [-0.25, -0.2) is 0 Å². The lowest BCUT2D eigenvalue weighted by molar-refractivity contribution is 0.0903. The lowest BCUT2D eigenvalue weighted by Gasteiger charge is -2.20. The Bertz CT molecular complexity index is 771. The molecule has 2 fully saturated rings. The summed E-state index contributed by atoms with van der Waals surface area (Å²) >= 11 is 6.28. The van der Waals surface area contributed by atoms with Gasteiger partial charge in [-0.05, 0) is 23.8 Å². The van der Waals surface area contributed by atoms with Gasteiger partial charge in [0, 0.05) is 61.0 Å². The quantitative estimate of drug-likeness (QED) is 0.877. The second-order valence-corrected chi connectivity index (χ2v) is 7.43. The number of hydrogen-bond donors (Lipinski definition) is 1. The molecule has 3 atom stereocenters. The normalized spacial score (nSPS) is 25.2. The number of benzene rings is 1. The number of halogens is 1. The second-order valence-electron chi connectivity index (χ2n) is 7.03. The van der Waals surface area contributed by atoms with E-state index in [9.17, 15) is 4.79 Å². The fraction of sp³-hybridized carbons (Fsp3) is 0.400. The van der Waals surface area contributed by atoms with Crippen LogP contribution in [-0.4, -0.2) is 48.1 Å². The third-order valence-electron chi connectivity index (χ3n) is 5.33. The number of carbonyl (C=O) groups excluding carboxylic acids is 1. The van der Waals surface area contributed by atoms with E-state index in [-0.39, 0.29) is 12.0 Å². The monoisotopic (exact) mass is 371 g/mol. The first-order valence-corrected chi connectivity index (χ1v) is 9.34. The van der Waals surface area contributed by atoms with Crippen LogP contribution in [0.1, 0.15) is 15.9 Å². The van der Waals surface area contributed by atoms with Gasteiger partial charge in [0.1, 0.15) is 0 Å². The molecule has 26 heavy (non-hydrogen) atoms. The van der Waals surface area contributed by atoms with Gasteiger partial charge in [0.25, 0.3) is 5.91 Å². The highest BCUT2D eigenvalue weighted by Gasteiger charge is 2.43. The van der Waals surface area contributed by atoms with Crippen LogP contribution in [-0.2, 0) is 11.3 Å². The van der Waals surface area contributed by atoms with Crippen LogP contribution in [0.2, 0.25) is 5.02 Å². The Labute approximate surface area is 158 Å². The highest BCUT2D eigenvalue weighted by molar-refractivity contribution is 6.31. The van der Waals surface area contributed by atoms with Crippen molar-refractivity contribution < 1.29 is 9.53 Å².